The van der Waals surface area contributed by atoms with E-state index in [1.54, 1.807) is 0 Å². The van der Waals surface area contributed by atoms with Gasteiger partial charge in [-0.05, 0) is 50.7 Å². The molecule has 2 N–H and O–H groups in total. The van der Waals surface area contributed by atoms with Crippen LogP contribution in [0, 0.1) is 26.7 Å². The number of aromatic amines is 1. The van der Waals surface area contributed by atoms with Gasteiger partial charge in [0.25, 0.3) is 5.56 Å². The molecule has 0 aliphatic heterocycles. The number of H-pyrrole nitrogens is 1. The summed E-state index contributed by atoms with van der Waals surface area (Å²) in [7, 11) is 0. The first-order valence-corrected chi connectivity index (χ1v) is 8.88. The summed E-state index contributed by atoms with van der Waals surface area (Å²) < 4.78 is 1.14. The number of aromatic nitrogens is 2. The first-order chi connectivity index (χ1) is 12.2. The highest BCUT2D eigenvalue weighted by Crippen LogP contribution is 2.23. The third kappa shape index (κ3) is 4.31. The molecule has 0 bridgehead atoms. The number of hydrogen-bond acceptors (Lipinski definition) is 4. The first-order valence-electron chi connectivity index (χ1n) is 8.88. The van der Waals surface area contributed by atoms with E-state index in [1.807, 2.05) is 32.9 Å². The molecule has 0 atom stereocenters. The minimum atomic E-state index is -0.667. The lowest BCUT2D eigenvalue weighted by Gasteiger charge is -2.15. The van der Waals surface area contributed by atoms with Crippen LogP contribution >= 0.6 is 0 Å². The maximum Gasteiger partial charge on any atom is 0.335 e. The molecular formula is C20H27N3O3. The van der Waals surface area contributed by atoms with E-state index in [-0.39, 0.29) is 11.4 Å². The number of rotatable bonds is 6. The zero-order valence-electron chi connectivity index (χ0n) is 16.1. The Kier molecular flexibility index (Phi) is 6.18. The molecular weight excluding hydrogens is 330 g/mol. The predicted octanol–water partition coefficient (Wildman–Crippen LogP) is 3.01. The van der Waals surface area contributed by atoms with E-state index in [2.05, 4.69) is 23.8 Å². The van der Waals surface area contributed by atoms with Gasteiger partial charge >= 0.3 is 5.69 Å². The van der Waals surface area contributed by atoms with Crippen LogP contribution < -0.4 is 11.2 Å². The summed E-state index contributed by atoms with van der Waals surface area (Å²) in [6.45, 7) is 10.6. The fourth-order valence-corrected chi connectivity index (χ4v) is 3.13. The highest BCUT2D eigenvalue weighted by molar-refractivity contribution is 5.82. The van der Waals surface area contributed by atoms with E-state index >= 15 is 0 Å². The minimum Gasteiger partial charge on any atom is -0.493 e. The number of hydrogen-bond donors (Lipinski definition) is 2. The average molecular weight is 357 g/mol. The number of nitrogens with zero attached hydrogens (tertiary/aromatic N) is 2. The smallest absolute Gasteiger partial charge is 0.335 e. The van der Waals surface area contributed by atoms with Gasteiger partial charge in [0.15, 0.2) is 0 Å². The van der Waals surface area contributed by atoms with E-state index in [0.717, 1.165) is 34.1 Å². The third-order valence-corrected chi connectivity index (χ3v) is 4.27. The van der Waals surface area contributed by atoms with Crippen molar-refractivity contribution in [2.75, 3.05) is 6.54 Å². The van der Waals surface area contributed by atoms with Crippen LogP contribution in [0.3, 0.4) is 0 Å². The van der Waals surface area contributed by atoms with Gasteiger partial charge in [0, 0.05) is 12.8 Å². The molecule has 0 saturated carbocycles. The highest BCUT2D eigenvalue weighted by atomic mass is 16.3. The number of benzene rings is 1. The van der Waals surface area contributed by atoms with Crippen molar-refractivity contribution >= 4 is 6.21 Å². The van der Waals surface area contributed by atoms with Crippen LogP contribution in [-0.4, -0.2) is 27.4 Å². The fourth-order valence-electron chi connectivity index (χ4n) is 3.13. The summed E-state index contributed by atoms with van der Waals surface area (Å²) in [6.07, 6.45) is 3.30. The number of nitrogens with one attached hydrogen (secondary N) is 1. The largest absolute Gasteiger partial charge is 0.493 e. The second-order valence-electron chi connectivity index (χ2n) is 7.15. The summed E-state index contributed by atoms with van der Waals surface area (Å²) in [4.78, 5) is 31.0. The molecule has 0 spiro atoms. The van der Waals surface area contributed by atoms with Crippen molar-refractivity contribution in [2.24, 2.45) is 10.9 Å². The van der Waals surface area contributed by atoms with E-state index in [1.165, 1.54) is 6.21 Å². The molecule has 6 heteroatoms. The van der Waals surface area contributed by atoms with E-state index in [9.17, 15) is 14.7 Å². The van der Waals surface area contributed by atoms with Gasteiger partial charge in [-0.2, -0.15) is 0 Å². The summed E-state index contributed by atoms with van der Waals surface area (Å²) >= 11 is 0. The lowest BCUT2D eigenvalue weighted by atomic mass is 10.0. The third-order valence-electron chi connectivity index (χ3n) is 4.27. The SMILES string of the molecule is Cc1cc(C)c(-n2c(O)c(C=NCCCC(C)C)c(=O)[nH]c2=O)c(C)c1. The average Bonchev–Trinajstić information content (AvgIpc) is 2.51. The normalized spacial score (nSPS) is 11.6. The molecule has 26 heavy (non-hydrogen) atoms. The van der Waals surface area contributed by atoms with E-state index in [0.29, 0.717) is 18.2 Å². The van der Waals surface area contributed by atoms with E-state index in [4.69, 9.17) is 0 Å². The van der Waals surface area contributed by atoms with Crippen molar-refractivity contribution in [1.29, 1.82) is 0 Å². The Labute approximate surface area is 153 Å². The number of aliphatic imine (C=N–C) groups is 1. The van der Waals surface area contributed by atoms with Gasteiger partial charge in [-0.15, -0.1) is 0 Å². The van der Waals surface area contributed by atoms with Crippen molar-refractivity contribution in [3.63, 3.8) is 0 Å². The molecule has 0 amide bonds. The van der Waals surface area contributed by atoms with Crippen LogP contribution in [0.15, 0.2) is 26.7 Å². The lowest BCUT2D eigenvalue weighted by molar-refractivity contribution is 0.429. The summed E-state index contributed by atoms with van der Waals surface area (Å²) in [6, 6.07) is 3.86. The zero-order chi connectivity index (χ0) is 19.4. The molecule has 0 fully saturated rings. The standard InChI is InChI=1S/C20H27N3O3/c1-12(2)7-6-8-21-11-16-18(24)22-20(26)23(19(16)25)17-14(4)9-13(3)10-15(17)5/h9-12,25H,6-8H2,1-5H3,(H,22,24,26). The first kappa shape index (κ1) is 19.7. The molecule has 6 nitrogen and oxygen atoms in total. The molecule has 140 valence electrons. The second-order valence-corrected chi connectivity index (χ2v) is 7.15. The highest BCUT2D eigenvalue weighted by Gasteiger charge is 2.17. The second kappa shape index (κ2) is 8.17. The lowest BCUT2D eigenvalue weighted by Crippen LogP contribution is -2.32. The quantitative estimate of drug-likeness (QED) is 0.615. The Balaban J connectivity index is 2.49. The van der Waals surface area contributed by atoms with Crippen molar-refractivity contribution in [3.8, 4) is 11.6 Å². The maximum atomic E-state index is 12.4. The molecule has 1 aromatic carbocycles. The van der Waals surface area contributed by atoms with Gasteiger partial charge in [-0.3, -0.25) is 14.8 Å². The zero-order valence-corrected chi connectivity index (χ0v) is 16.1. The molecule has 0 unspecified atom stereocenters. The van der Waals surface area contributed by atoms with Gasteiger partial charge in [0.05, 0.1) is 5.69 Å². The molecule has 0 saturated heterocycles. The van der Waals surface area contributed by atoms with Gasteiger partial charge in [0.1, 0.15) is 5.56 Å². The number of aromatic hydroxyl groups is 1. The van der Waals surface area contributed by atoms with Gasteiger partial charge < -0.3 is 5.11 Å². The van der Waals surface area contributed by atoms with Crippen LogP contribution in [0.25, 0.3) is 5.69 Å². The topological polar surface area (TPSA) is 87.4 Å². The summed E-state index contributed by atoms with van der Waals surface area (Å²) in [5.74, 6) is 0.206. The van der Waals surface area contributed by atoms with Crippen molar-refractivity contribution in [3.05, 3.63) is 55.2 Å². The van der Waals surface area contributed by atoms with Crippen molar-refractivity contribution in [2.45, 2.75) is 47.5 Å². The molecule has 2 aromatic rings. The molecule has 1 heterocycles. The maximum absolute atomic E-state index is 12.4. The molecule has 0 radical (unpaired) electrons. The summed E-state index contributed by atoms with van der Waals surface area (Å²) in [5.41, 5.74) is 2.00. The monoisotopic (exact) mass is 357 g/mol. The molecule has 0 aliphatic carbocycles. The molecule has 2 rings (SSSR count). The van der Waals surface area contributed by atoms with Crippen molar-refractivity contribution < 1.29 is 5.11 Å². The Hall–Kier alpha value is -2.63. The van der Waals surface area contributed by atoms with Crippen LogP contribution in [-0.2, 0) is 0 Å². The fraction of sp³-hybridized carbons (Fsp3) is 0.450. The van der Waals surface area contributed by atoms with Crippen molar-refractivity contribution in [1.82, 2.24) is 9.55 Å². The Morgan fingerprint density at radius 1 is 1.19 bits per heavy atom. The van der Waals surface area contributed by atoms with Crippen LogP contribution in [0.2, 0.25) is 0 Å². The predicted molar refractivity (Wildman–Crippen MR) is 105 cm³/mol. The summed E-state index contributed by atoms with van der Waals surface area (Å²) in [5, 5.41) is 10.6. The van der Waals surface area contributed by atoms with Gasteiger partial charge in [-0.25, -0.2) is 9.36 Å². The Bertz CT molecular complexity index is 913. The van der Waals surface area contributed by atoms with E-state index < -0.39 is 11.2 Å². The van der Waals surface area contributed by atoms with Gasteiger partial charge in [0.2, 0.25) is 5.88 Å². The Morgan fingerprint density at radius 3 is 2.38 bits per heavy atom. The Morgan fingerprint density at radius 2 is 1.81 bits per heavy atom. The minimum absolute atomic E-state index is 0.00600. The van der Waals surface area contributed by atoms with Crippen LogP contribution in [0.5, 0.6) is 5.88 Å². The molecule has 1 aromatic heterocycles. The number of aryl methyl sites for hydroxylation is 3. The molecule has 0 aliphatic rings. The van der Waals surface area contributed by atoms with Crippen LogP contribution in [0.1, 0.15) is 48.9 Å². The van der Waals surface area contributed by atoms with Gasteiger partial charge in [-0.1, -0.05) is 31.5 Å². The van der Waals surface area contributed by atoms with Crippen LogP contribution in [0.4, 0.5) is 0 Å².